The summed E-state index contributed by atoms with van der Waals surface area (Å²) >= 11 is 0. The second-order valence-corrected chi connectivity index (χ2v) is 2.89. The molecule has 0 aromatic heterocycles. The van der Waals surface area contributed by atoms with Crippen molar-refractivity contribution in [2.75, 3.05) is 6.61 Å². The monoisotopic (exact) mass is 163 g/mol. The number of aliphatic hydroxyl groups is 1. The summed E-state index contributed by atoms with van der Waals surface area (Å²) in [5.74, 6) is 0. The van der Waals surface area contributed by atoms with Crippen molar-refractivity contribution in [3.05, 3.63) is 0 Å². The number of rotatable bonds is 0. The van der Waals surface area contributed by atoms with Crippen LogP contribution in [0.3, 0.4) is 0 Å². The molecule has 5 unspecified atom stereocenters. The number of aliphatic hydroxyl groups excluding tert-OH is 1. The van der Waals surface area contributed by atoms with Crippen LogP contribution in [0.2, 0.25) is 0 Å². The van der Waals surface area contributed by atoms with Gasteiger partial charge in [-0.05, 0) is 0 Å². The summed E-state index contributed by atoms with van der Waals surface area (Å²) in [7, 11) is 0. The summed E-state index contributed by atoms with van der Waals surface area (Å²) in [4.78, 5) is 0. The third kappa shape index (κ3) is 0.961. The van der Waals surface area contributed by atoms with Crippen LogP contribution in [-0.4, -0.2) is 42.4 Å². The van der Waals surface area contributed by atoms with E-state index in [0.717, 1.165) is 0 Å². The Morgan fingerprint density at radius 3 is 3.00 bits per heavy atom. The number of hydrogen-bond acceptors (Lipinski definition) is 4. The lowest BCUT2D eigenvalue weighted by Gasteiger charge is -2.31. The molecule has 0 aliphatic carbocycles. The summed E-state index contributed by atoms with van der Waals surface area (Å²) in [5, 5.41) is 9.17. The molecule has 11 heavy (non-hydrogen) atoms. The van der Waals surface area contributed by atoms with Gasteiger partial charge in [-0.15, -0.1) is 0 Å². The molecule has 0 spiro atoms. The van der Waals surface area contributed by atoms with E-state index in [-0.39, 0.29) is 6.61 Å². The van der Waals surface area contributed by atoms with Crippen LogP contribution < -0.4 is 5.73 Å². The maximum absolute atomic E-state index is 13.0. The minimum Gasteiger partial charge on any atom is -0.388 e. The standard InChI is InChI=1S/C6H10FNO3/c7-3-2-1-10-6(11-2)4(8)5(3)9/h2-6,9H,1,8H2. The molecule has 2 aliphatic rings. The highest BCUT2D eigenvalue weighted by molar-refractivity contribution is 4.95. The number of halogens is 1. The lowest BCUT2D eigenvalue weighted by Crippen LogP contribution is -2.56. The van der Waals surface area contributed by atoms with Crippen LogP contribution in [0.5, 0.6) is 0 Å². The second kappa shape index (κ2) is 2.38. The molecule has 4 nitrogen and oxygen atoms in total. The Bertz CT molecular complexity index is 148. The van der Waals surface area contributed by atoms with Crippen LogP contribution in [-0.2, 0) is 9.47 Å². The lowest BCUT2D eigenvalue weighted by atomic mass is 10.0. The average Bonchev–Trinajstić information content (AvgIpc) is 2.44. The van der Waals surface area contributed by atoms with Gasteiger partial charge in [0.15, 0.2) is 12.5 Å². The van der Waals surface area contributed by atoms with Crippen molar-refractivity contribution in [1.82, 2.24) is 0 Å². The topological polar surface area (TPSA) is 64.7 Å². The zero-order chi connectivity index (χ0) is 8.01. The van der Waals surface area contributed by atoms with Crippen molar-refractivity contribution >= 4 is 0 Å². The maximum Gasteiger partial charge on any atom is 0.175 e. The fourth-order valence-electron chi connectivity index (χ4n) is 1.40. The van der Waals surface area contributed by atoms with Crippen molar-refractivity contribution in [3.8, 4) is 0 Å². The highest BCUT2D eigenvalue weighted by Gasteiger charge is 2.48. The van der Waals surface area contributed by atoms with Gasteiger partial charge in [-0.3, -0.25) is 0 Å². The fraction of sp³-hybridized carbons (Fsp3) is 1.00. The van der Waals surface area contributed by atoms with E-state index in [1.807, 2.05) is 0 Å². The average molecular weight is 163 g/mol. The molecule has 64 valence electrons. The first-order valence-corrected chi connectivity index (χ1v) is 3.55. The van der Waals surface area contributed by atoms with E-state index in [4.69, 9.17) is 20.3 Å². The molecule has 0 amide bonds. The summed E-state index contributed by atoms with van der Waals surface area (Å²) in [6.07, 6.45) is -3.82. The summed E-state index contributed by atoms with van der Waals surface area (Å²) in [6, 6.07) is -0.760. The van der Waals surface area contributed by atoms with E-state index in [9.17, 15) is 4.39 Å². The van der Waals surface area contributed by atoms with Crippen LogP contribution in [0, 0.1) is 0 Å². The number of alkyl halides is 1. The third-order valence-corrected chi connectivity index (χ3v) is 2.12. The first-order chi connectivity index (χ1) is 5.20. The summed E-state index contributed by atoms with van der Waals surface area (Å²) in [6.45, 7) is 0.191. The van der Waals surface area contributed by atoms with Crippen molar-refractivity contribution in [2.45, 2.75) is 30.7 Å². The van der Waals surface area contributed by atoms with E-state index in [2.05, 4.69) is 0 Å². The van der Waals surface area contributed by atoms with Gasteiger partial charge >= 0.3 is 0 Å². The quantitative estimate of drug-likeness (QED) is 0.469. The highest BCUT2D eigenvalue weighted by Crippen LogP contribution is 2.28. The molecule has 2 rings (SSSR count). The van der Waals surface area contributed by atoms with E-state index in [0.29, 0.717) is 0 Å². The predicted molar refractivity (Wildman–Crippen MR) is 33.5 cm³/mol. The zero-order valence-corrected chi connectivity index (χ0v) is 5.81. The van der Waals surface area contributed by atoms with Gasteiger partial charge in [-0.1, -0.05) is 0 Å². The first-order valence-electron chi connectivity index (χ1n) is 3.55. The molecule has 0 aromatic carbocycles. The van der Waals surface area contributed by atoms with Crippen molar-refractivity contribution in [2.24, 2.45) is 5.73 Å². The molecule has 2 fully saturated rings. The van der Waals surface area contributed by atoms with Crippen LogP contribution >= 0.6 is 0 Å². The molecule has 0 radical (unpaired) electrons. The van der Waals surface area contributed by atoms with Crippen molar-refractivity contribution in [1.29, 1.82) is 0 Å². The van der Waals surface area contributed by atoms with Crippen LogP contribution in [0.15, 0.2) is 0 Å². The number of nitrogens with two attached hydrogens (primary N) is 1. The molecule has 0 aromatic rings. The summed E-state index contributed by atoms with van der Waals surface area (Å²) in [5.41, 5.74) is 5.41. The Kier molecular flexibility index (Phi) is 1.61. The van der Waals surface area contributed by atoms with E-state index in [1.54, 1.807) is 0 Å². The van der Waals surface area contributed by atoms with Gasteiger partial charge in [0, 0.05) is 0 Å². The van der Waals surface area contributed by atoms with Crippen molar-refractivity contribution < 1.29 is 19.0 Å². The third-order valence-electron chi connectivity index (χ3n) is 2.12. The van der Waals surface area contributed by atoms with Gasteiger partial charge < -0.3 is 20.3 Å². The molecule has 3 N–H and O–H groups in total. The van der Waals surface area contributed by atoms with Crippen LogP contribution in [0.25, 0.3) is 0 Å². The van der Waals surface area contributed by atoms with Gasteiger partial charge in [0.1, 0.15) is 12.2 Å². The van der Waals surface area contributed by atoms with Gasteiger partial charge in [0.05, 0.1) is 12.6 Å². The minimum absolute atomic E-state index is 0.191. The molecule has 2 saturated heterocycles. The minimum atomic E-state index is -1.41. The lowest BCUT2D eigenvalue weighted by molar-refractivity contribution is -0.159. The Morgan fingerprint density at radius 2 is 2.27 bits per heavy atom. The largest absolute Gasteiger partial charge is 0.388 e. The molecule has 2 aliphatic heterocycles. The molecule has 2 heterocycles. The predicted octanol–water partition coefficient (Wildman–Crippen LogP) is -1.23. The fourth-order valence-corrected chi connectivity index (χ4v) is 1.40. The van der Waals surface area contributed by atoms with Crippen LogP contribution in [0.1, 0.15) is 0 Å². The van der Waals surface area contributed by atoms with Crippen molar-refractivity contribution in [3.63, 3.8) is 0 Å². The number of ether oxygens (including phenoxy) is 2. The maximum atomic E-state index is 13.0. The van der Waals surface area contributed by atoms with E-state index >= 15 is 0 Å². The molecule has 5 heteroatoms. The molecule has 5 atom stereocenters. The van der Waals surface area contributed by atoms with E-state index < -0.39 is 30.7 Å². The number of hydrogen-bond donors (Lipinski definition) is 2. The Labute approximate surface area is 63.1 Å². The Morgan fingerprint density at radius 1 is 1.55 bits per heavy atom. The van der Waals surface area contributed by atoms with Gasteiger partial charge in [0.2, 0.25) is 0 Å². The van der Waals surface area contributed by atoms with E-state index in [1.165, 1.54) is 0 Å². The van der Waals surface area contributed by atoms with Gasteiger partial charge in [-0.25, -0.2) is 4.39 Å². The van der Waals surface area contributed by atoms with Gasteiger partial charge in [0.25, 0.3) is 0 Å². The second-order valence-electron chi connectivity index (χ2n) is 2.89. The van der Waals surface area contributed by atoms with Gasteiger partial charge in [-0.2, -0.15) is 0 Å². The molecular weight excluding hydrogens is 153 g/mol. The SMILES string of the molecule is NC1C2OCC(O2)C(F)C1O. The first kappa shape index (κ1) is 7.42. The number of fused-ring (bicyclic) bond motifs is 2. The molecule has 0 saturated carbocycles. The summed E-state index contributed by atoms with van der Waals surface area (Å²) < 4.78 is 23.0. The Balaban J connectivity index is 2.16. The van der Waals surface area contributed by atoms with Crippen LogP contribution in [0.4, 0.5) is 4.39 Å². The Hall–Kier alpha value is -0.230. The molecular formula is C6H10FNO3. The highest BCUT2D eigenvalue weighted by atomic mass is 19.1. The molecule has 2 bridgehead atoms. The zero-order valence-electron chi connectivity index (χ0n) is 5.81. The normalized spacial score (nSPS) is 56.5. The smallest absolute Gasteiger partial charge is 0.175 e.